The van der Waals surface area contributed by atoms with Crippen LogP contribution in [0.1, 0.15) is 5.56 Å². The van der Waals surface area contributed by atoms with Gasteiger partial charge in [0.2, 0.25) is 0 Å². The molecule has 0 aliphatic carbocycles. The number of alkyl carbamates (subject to hydrolysis) is 1. The lowest BCUT2D eigenvalue weighted by molar-refractivity contribution is -0.139. The fourth-order valence-corrected chi connectivity index (χ4v) is 1.51. The molecule has 0 saturated carbocycles. The zero-order valence-electron chi connectivity index (χ0n) is 11.2. The van der Waals surface area contributed by atoms with Crippen molar-refractivity contribution in [1.82, 2.24) is 5.32 Å². The van der Waals surface area contributed by atoms with E-state index in [2.05, 4.69) is 16.6 Å². The zero-order valence-corrected chi connectivity index (χ0v) is 11.2. The van der Waals surface area contributed by atoms with Crippen LogP contribution in [-0.2, 0) is 16.0 Å². The quantitative estimate of drug-likeness (QED) is 0.741. The molecule has 0 unspecified atom stereocenters. The highest BCUT2D eigenvalue weighted by Gasteiger charge is 2.20. The molecule has 1 amide bonds. The van der Waals surface area contributed by atoms with Crippen LogP contribution in [0.3, 0.4) is 0 Å². The van der Waals surface area contributed by atoms with Crippen LogP contribution in [0.5, 0.6) is 5.75 Å². The molecular weight excluding hydrogens is 262 g/mol. The summed E-state index contributed by atoms with van der Waals surface area (Å²) in [6.07, 6.45) is 1.02. The van der Waals surface area contributed by atoms with Gasteiger partial charge in [-0.3, -0.25) is 0 Å². The molecule has 20 heavy (non-hydrogen) atoms. The van der Waals surface area contributed by atoms with Crippen LogP contribution in [0.25, 0.3) is 0 Å². The monoisotopic (exact) mass is 279 g/mol. The molecule has 1 aromatic carbocycles. The number of carbonyl (C=O) groups is 2. The first-order valence-electron chi connectivity index (χ1n) is 5.96. The van der Waals surface area contributed by atoms with Crippen molar-refractivity contribution in [3.8, 4) is 5.75 Å². The molecule has 108 valence electrons. The first kappa shape index (κ1) is 15.6. The third kappa shape index (κ3) is 5.01. The van der Waals surface area contributed by atoms with Crippen LogP contribution >= 0.6 is 0 Å². The lowest BCUT2D eigenvalue weighted by Gasteiger charge is -2.13. The molecule has 2 N–H and O–H groups in total. The molecule has 6 heteroatoms. The first-order valence-corrected chi connectivity index (χ1v) is 5.96. The summed E-state index contributed by atoms with van der Waals surface area (Å²) >= 11 is 0. The molecule has 0 bridgehead atoms. The number of carboxylic acids is 1. The average molecular weight is 279 g/mol. The smallest absolute Gasteiger partial charge is 0.407 e. The molecule has 6 nitrogen and oxygen atoms in total. The number of ether oxygens (including phenoxy) is 2. The minimum absolute atomic E-state index is 0.159. The van der Waals surface area contributed by atoms with Crippen LogP contribution in [-0.4, -0.2) is 36.9 Å². The third-order valence-corrected chi connectivity index (χ3v) is 2.51. The SMILES string of the molecule is C=CCOc1ccc(C[C@H](NC(=O)OC)C(=O)O)cc1. The van der Waals surface area contributed by atoms with Gasteiger partial charge in [-0.05, 0) is 17.7 Å². The molecule has 0 fully saturated rings. The van der Waals surface area contributed by atoms with Gasteiger partial charge in [0.25, 0.3) is 0 Å². The number of carboxylic acid groups (broad SMARTS) is 1. The number of amides is 1. The van der Waals surface area contributed by atoms with Gasteiger partial charge in [-0.1, -0.05) is 24.8 Å². The third-order valence-electron chi connectivity index (χ3n) is 2.51. The Morgan fingerprint density at radius 2 is 2.05 bits per heavy atom. The molecule has 1 aromatic rings. The Balaban J connectivity index is 2.66. The molecule has 0 aromatic heterocycles. The van der Waals surface area contributed by atoms with E-state index in [0.29, 0.717) is 12.4 Å². The van der Waals surface area contributed by atoms with Crippen LogP contribution in [0, 0.1) is 0 Å². The molecule has 0 heterocycles. The first-order chi connectivity index (χ1) is 9.56. The van der Waals surface area contributed by atoms with E-state index in [-0.39, 0.29) is 6.42 Å². The maximum absolute atomic E-state index is 11.1. The van der Waals surface area contributed by atoms with Gasteiger partial charge in [0.1, 0.15) is 18.4 Å². The van der Waals surface area contributed by atoms with E-state index in [1.165, 1.54) is 7.11 Å². The molecule has 1 rings (SSSR count). The summed E-state index contributed by atoms with van der Waals surface area (Å²) < 4.78 is 9.71. The van der Waals surface area contributed by atoms with Crippen molar-refractivity contribution in [3.63, 3.8) is 0 Å². The molecule has 1 atom stereocenters. The molecule has 0 saturated heterocycles. The second-order valence-electron chi connectivity index (χ2n) is 3.97. The Morgan fingerprint density at radius 1 is 1.40 bits per heavy atom. The fraction of sp³-hybridized carbons (Fsp3) is 0.286. The number of benzene rings is 1. The van der Waals surface area contributed by atoms with Gasteiger partial charge in [0.15, 0.2) is 0 Å². The summed E-state index contributed by atoms with van der Waals surface area (Å²) in [6, 6.07) is 5.91. The Kier molecular flexibility index (Phi) is 6.09. The lowest BCUT2D eigenvalue weighted by atomic mass is 10.1. The highest BCUT2D eigenvalue weighted by Crippen LogP contribution is 2.13. The van der Waals surface area contributed by atoms with Gasteiger partial charge in [0, 0.05) is 6.42 Å². The Labute approximate surface area is 117 Å². The normalized spacial score (nSPS) is 11.2. The largest absolute Gasteiger partial charge is 0.490 e. The van der Waals surface area contributed by atoms with Crippen molar-refractivity contribution in [2.45, 2.75) is 12.5 Å². The predicted octanol–water partition coefficient (Wildman–Crippen LogP) is 1.60. The Morgan fingerprint density at radius 3 is 2.55 bits per heavy atom. The van der Waals surface area contributed by atoms with Crippen molar-refractivity contribution in [2.75, 3.05) is 13.7 Å². The molecular formula is C14H17NO5. The summed E-state index contributed by atoms with van der Waals surface area (Å²) in [7, 11) is 1.18. The highest BCUT2D eigenvalue weighted by molar-refractivity contribution is 5.80. The summed E-state index contributed by atoms with van der Waals surface area (Å²) in [5.74, 6) is -0.455. The predicted molar refractivity (Wildman–Crippen MR) is 72.8 cm³/mol. The number of nitrogens with one attached hydrogen (secondary N) is 1. The number of methoxy groups -OCH3 is 1. The number of hydrogen-bond acceptors (Lipinski definition) is 4. The van der Waals surface area contributed by atoms with Crippen LogP contribution in [0.15, 0.2) is 36.9 Å². The van der Waals surface area contributed by atoms with Crippen LogP contribution in [0.4, 0.5) is 4.79 Å². The van der Waals surface area contributed by atoms with Crippen molar-refractivity contribution < 1.29 is 24.2 Å². The molecule has 0 aliphatic heterocycles. The topological polar surface area (TPSA) is 84.9 Å². The van der Waals surface area contributed by atoms with Crippen LogP contribution in [0.2, 0.25) is 0 Å². The van der Waals surface area contributed by atoms with Crippen LogP contribution < -0.4 is 10.1 Å². The average Bonchev–Trinajstić information content (AvgIpc) is 2.45. The van der Waals surface area contributed by atoms with Crippen molar-refractivity contribution in [1.29, 1.82) is 0 Å². The van der Waals surface area contributed by atoms with E-state index < -0.39 is 18.1 Å². The summed E-state index contributed by atoms with van der Waals surface area (Å²) in [5, 5.41) is 11.3. The Hall–Kier alpha value is -2.50. The van der Waals surface area contributed by atoms with Gasteiger partial charge in [0.05, 0.1) is 7.11 Å². The summed E-state index contributed by atoms with van der Waals surface area (Å²) in [6.45, 7) is 3.95. The molecule has 0 aliphatic rings. The van der Waals surface area contributed by atoms with E-state index in [0.717, 1.165) is 5.56 Å². The lowest BCUT2D eigenvalue weighted by Crippen LogP contribution is -2.42. The fourth-order valence-electron chi connectivity index (χ4n) is 1.51. The van der Waals surface area contributed by atoms with Gasteiger partial charge < -0.3 is 19.9 Å². The second kappa shape index (κ2) is 7.83. The number of hydrogen-bond donors (Lipinski definition) is 2. The van der Waals surface area contributed by atoms with E-state index in [9.17, 15) is 9.59 Å². The van der Waals surface area contributed by atoms with Crippen molar-refractivity contribution in [2.24, 2.45) is 0 Å². The molecule has 0 radical (unpaired) electrons. The summed E-state index contributed by atoms with van der Waals surface area (Å²) in [5.41, 5.74) is 0.764. The van der Waals surface area contributed by atoms with Crippen molar-refractivity contribution in [3.05, 3.63) is 42.5 Å². The van der Waals surface area contributed by atoms with E-state index in [4.69, 9.17) is 9.84 Å². The minimum atomic E-state index is -1.12. The maximum atomic E-state index is 11.1. The van der Waals surface area contributed by atoms with Gasteiger partial charge in [-0.25, -0.2) is 9.59 Å². The second-order valence-corrected chi connectivity index (χ2v) is 3.97. The Bertz CT molecular complexity index is 469. The maximum Gasteiger partial charge on any atom is 0.407 e. The van der Waals surface area contributed by atoms with Gasteiger partial charge in [-0.15, -0.1) is 0 Å². The highest BCUT2D eigenvalue weighted by atomic mass is 16.5. The zero-order chi connectivity index (χ0) is 15.0. The standard InChI is InChI=1S/C14H17NO5/c1-3-8-20-11-6-4-10(5-7-11)9-12(13(16)17)15-14(18)19-2/h3-7,12H,1,8-9H2,2H3,(H,15,18)(H,16,17)/t12-/m0/s1. The van der Waals surface area contributed by atoms with Gasteiger partial charge >= 0.3 is 12.1 Å². The van der Waals surface area contributed by atoms with E-state index >= 15 is 0 Å². The van der Waals surface area contributed by atoms with Gasteiger partial charge in [-0.2, -0.15) is 0 Å². The number of carbonyl (C=O) groups excluding carboxylic acids is 1. The van der Waals surface area contributed by atoms with E-state index in [1.54, 1.807) is 30.3 Å². The summed E-state index contributed by atoms with van der Waals surface area (Å²) in [4.78, 5) is 22.1. The van der Waals surface area contributed by atoms with Crippen molar-refractivity contribution >= 4 is 12.1 Å². The minimum Gasteiger partial charge on any atom is -0.490 e. The molecule has 0 spiro atoms. The number of aliphatic carboxylic acids is 1. The van der Waals surface area contributed by atoms with E-state index in [1.807, 2.05) is 0 Å². The number of rotatable bonds is 7.